The van der Waals surface area contributed by atoms with Crippen LogP contribution in [-0.2, 0) is 4.57 Å². The minimum atomic E-state index is -3.31. The van der Waals surface area contributed by atoms with Crippen LogP contribution in [0.5, 0.6) is 0 Å². The average Bonchev–Trinajstić information content (AvgIpc) is 2.99. The molecule has 0 saturated carbocycles. The van der Waals surface area contributed by atoms with Gasteiger partial charge in [-0.3, -0.25) is 0 Å². The van der Waals surface area contributed by atoms with E-state index in [0.29, 0.717) is 5.31 Å². The standard InChI is InChI=1S/C39H33OP/c1-29-19-21-33(22-20-29)23-24-34-13-11-12-14-35(34)25-26-38(39-31(3)27-30(2)28-32(39)4)41(40,36-15-7-5-8-16-36)37-17-9-6-10-18-37/h5-22,25,27-28H,1-4H3. The maximum Gasteiger partial charge on any atom is 0.179 e. The minimum absolute atomic E-state index is 0.700. The SMILES string of the molecule is Cc1ccc(C#Cc2ccccc2C=C=C(c2c(C)cc(C)cc2C)P(=O)(c2ccccc2)c2ccccc2)cc1. The zero-order chi connectivity index (χ0) is 28.8. The lowest BCUT2D eigenvalue weighted by atomic mass is 9.99. The fourth-order valence-corrected chi connectivity index (χ4v) is 8.13. The van der Waals surface area contributed by atoms with Crippen molar-refractivity contribution in [1.29, 1.82) is 0 Å². The Balaban J connectivity index is 1.78. The highest BCUT2D eigenvalue weighted by molar-refractivity contribution is 7.87. The molecule has 0 spiro atoms. The topological polar surface area (TPSA) is 17.1 Å². The highest BCUT2D eigenvalue weighted by Crippen LogP contribution is 2.57. The summed E-state index contributed by atoms with van der Waals surface area (Å²) in [5.74, 6) is 6.64. The second-order valence-corrected chi connectivity index (χ2v) is 13.1. The summed E-state index contributed by atoms with van der Waals surface area (Å²) < 4.78 is 15.6. The Bertz CT molecular complexity index is 1800. The second-order valence-electron chi connectivity index (χ2n) is 10.4. The smallest absolute Gasteiger partial charge is 0.179 e. The third-order valence-electron chi connectivity index (χ3n) is 7.19. The average molecular weight is 549 g/mol. The number of benzene rings is 5. The van der Waals surface area contributed by atoms with Crippen molar-refractivity contribution in [3.8, 4) is 11.8 Å². The Morgan fingerprint density at radius 3 is 1.73 bits per heavy atom. The normalized spacial score (nSPS) is 10.7. The summed E-state index contributed by atoms with van der Waals surface area (Å²) in [6.45, 7) is 8.36. The van der Waals surface area contributed by atoms with E-state index in [2.05, 4.69) is 69.5 Å². The fraction of sp³-hybridized carbons (Fsp3) is 0.103. The van der Waals surface area contributed by atoms with Crippen molar-refractivity contribution >= 4 is 29.1 Å². The molecule has 0 aliphatic heterocycles. The van der Waals surface area contributed by atoms with E-state index < -0.39 is 7.14 Å². The molecule has 0 bridgehead atoms. The van der Waals surface area contributed by atoms with Gasteiger partial charge in [0, 0.05) is 21.7 Å². The second kappa shape index (κ2) is 12.3. The molecule has 0 aromatic heterocycles. The van der Waals surface area contributed by atoms with Gasteiger partial charge in [0.25, 0.3) is 0 Å². The van der Waals surface area contributed by atoms with Crippen LogP contribution in [0.1, 0.15) is 44.5 Å². The van der Waals surface area contributed by atoms with Crippen molar-refractivity contribution in [3.63, 3.8) is 0 Å². The third kappa shape index (κ3) is 6.11. The van der Waals surface area contributed by atoms with Crippen molar-refractivity contribution in [2.75, 3.05) is 0 Å². The number of aryl methyl sites for hydroxylation is 4. The summed E-state index contributed by atoms with van der Waals surface area (Å²) in [7, 11) is -3.31. The van der Waals surface area contributed by atoms with Gasteiger partial charge < -0.3 is 4.57 Å². The van der Waals surface area contributed by atoms with E-state index in [9.17, 15) is 0 Å². The van der Waals surface area contributed by atoms with Crippen molar-refractivity contribution < 1.29 is 4.57 Å². The van der Waals surface area contributed by atoms with Crippen LogP contribution in [0.4, 0.5) is 0 Å². The van der Waals surface area contributed by atoms with Crippen LogP contribution in [0.3, 0.4) is 0 Å². The molecule has 0 aliphatic carbocycles. The van der Waals surface area contributed by atoms with Crippen molar-refractivity contribution in [3.05, 3.63) is 172 Å². The molecule has 0 atom stereocenters. The Morgan fingerprint density at radius 2 is 1.15 bits per heavy atom. The summed E-state index contributed by atoms with van der Waals surface area (Å²) in [6.07, 6.45) is 1.95. The van der Waals surface area contributed by atoms with Gasteiger partial charge >= 0.3 is 0 Å². The molecule has 5 aromatic carbocycles. The van der Waals surface area contributed by atoms with Gasteiger partial charge in [-0.1, -0.05) is 126 Å². The molecule has 0 aliphatic rings. The number of hydrogen-bond acceptors (Lipinski definition) is 1. The summed E-state index contributed by atoms with van der Waals surface area (Å²) in [5, 5.41) is 2.27. The molecule has 41 heavy (non-hydrogen) atoms. The molecule has 5 aromatic rings. The van der Waals surface area contributed by atoms with Gasteiger partial charge in [-0.2, -0.15) is 0 Å². The number of hydrogen-bond donors (Lipinski definition) is 0. The first-order chi connectivity index (χ1) is 19.9. The van der Waals surface area contributed by atoms with Crippen LogP contribution in [-0.4, -0.2) is 0 Å². The molecular formula is C39H33OP. The van der Waals surface area contributed by atoms with Crippen molar-refractivity contribution in [1.82, 2.24) is 0 Å². The van der Waals surface area contributed by atoms with Crippen LogP contribution < -0.4 is 10.6 Å². The summed E-state index contributed by atoms with van der Waals surface area (Å²) in [5.41, 5.74) is 11.9. The summed E-state index contributed by atoms with van der Waals surface area (Å²) >= 11 is 0. The number of rotatable bonds is 5. The third-order valence-corrected chi connectivity index (χ3v) is 10.2. The highest BCUT2D eigenvalue weighted by Gasteiger charge is 2.34. The van der Waals surface area contributed by atoms with Crippen molar-refractivity contribution in [2.24, 2.45) is 0 Å². The van der Waals surface area contributed by atoms with E-state index >= 15 is 4.57 Å². The van der Waals surface area contributed by atoms with E-state index in [4.69, 9.17) is 0 Å². The van der Waals surface area contributed by atoms with E-state index in [1.54, 1.807) is 0 Å². The molecule has 0 amide bonds. The first-order valence-electron chi connectivity index (χ1n) is 13.8. The van der Waals surface area contributed by atoms with Crippen LogP contribution in [0.15, 0.2) is 127 Å². The van der Waals surface area contributed by atoms with Crippen LogP contribution in [0.25, 0.3) is 11.4 Å². The molecular weight excluding hydrogens is 515 g/mol. The molecule has 5 rings (SSSR count). The van der Waals surface area contributed by atoms with Crippen LogP contribution in [0, 0.1) is 39.5 Å². The molecule has 1 nitrogen and oxygen atoms in total. The highest BCUT2D eigenvalue weighted by atomic mass is 31.2. The molecule has 0 unspecified atom stereocenters. The lowest BCUT2D eigenvalue weighted by molar-refractivity contribution is 0.593. The molecule has 0 fully saturated rings. The molecule has 0 N–H and O–H groups in total. The maximum atomic E-state index is 15.6. The van der Waals surface area contributed by atoms with Gasteiger partial charge in [0.1, 0.15) is 0 Å². The lowest BCUT2D eigenvalue weighted by Gasteiger charge is -2.24. The molecule has 0 heterocycles. The van der Waals surface area contributed by atoms with Crippen molar-refractivity contribution in [2.45, 2.75) is 27.7 Å². The van der Waals surface area contributed by atoms with Gasteiger partial charge in [0.15, 0.2) is 7.14 Å². The Labute approximate surface area is 244 Å². The van der Waals surface area contributed by atoms with E-state index in [1.165, 1.54) is 11.1 Å². The first-order valence-corrected chi connectivity index (χ1v) is 15.5. The summed E-state index contributed by atoms with van der Waals surface area (Å²) in [4.78, 5) is 0. The van der Waals surface area contributed by atoms with E-state index in [1.807, 2.05) is 103 Å². The summed E-state index contributed by atoms with van der Waals surface area (Å²) in [6, 6.07) is 40.2. The molecule has 0 saturated heterocycles. The lowest BCUT2D eigenvalue weighted by Crippen LogP contribution is -2.17. The fourth-order valence-electron chi connectivity index (χ4n) is 5.22. The van der Waals surface area contributed by atoms with Gasteiger partial charge in [0.05, 0.1) is 5.31 Å². The maximum absolute atomic E-state index is 15.6. The zero-order valence-corrected chi connectivity index (χ0v) is 24.9. The molecule has 200 valence electrons. The van der Waals surface area contributed by atoms with Gasteiger partial charge in [-0.05, 0) is 74.2 Å². The van der Waals surface area contributed by atoms with Gasteiger partial charge in [-0.25, -0.2) is 0 Å². The Morgan fingerprint density at radius 1 is 0.610 bits per heavy atom. The minimum Gasteiger partial charge on any atom is -0.308 e. The Kier molecular flexibility index (Phi) is 8.38. The largest absolute Gasteiger partial charge is 0.308 e. The quantitative estimate of drug-likeness (QED) is 0.122. The predicted molar refractivity (Wildman–Crippen MR) is 175 cm³/mol. The van der Waals surface area contributed by atoms with E-state index in [0.717, 1.165) is 44.0 Å². The van der Waals surface area contributed by atoms with Crippen LogP contribution >= 0.6 is 7.14 Å². The van der Waals surface area contributed by atoms with Gasteiger partial charge in [-0.15, -0.1) is 5.73 Å². The molecule has 0 radical (unpaired) electrons. The zero-order valence-electron chi connectivity index (χ0n) is 24.0. The van der Waals surface area contributed by atoms with E-state index in [-0.39, 0.29) is 0 Å². The first kappa shape index (κ1) is 28.0. The van der Waals surface area contributed by atoms with Crippen LogP contribution in [0.2, 0.25) is 0 Å². The predicted octanol–water partition coefficient (Wildman–Crippen LogP) is 8.99. The molecule has 2 heteroatoms. The monoisotopic (exact) mass is 548 g/mol. The van der Waals surface area contributed by atoms with Gasteiger partial charge in [0.2, 0.25) is 0 Å². The Hall–Kier alpha value is -4.59.